The molecule has 1 heterocycles. The second kappa shape index (κ2) is 8.50. The van der Waals surface area contributed by atoms with Gasteiger partial charge in [-0.1, -0.05) is 17.9 Å². The van der Waals surface area contributed by atoms with Gasteiger partial charge in [0.15, 0.2) is 0 Å². The number of alkyl halides is 13. The third kappa shape index (κ3) is 4.35. The predicted octanol–water partition coefficient (Wildman–Crippen LogP) is 4.96. The van der Waals surface area contributed by atoms with Crippen LogP contribution in [0, 0.1) is 3.70 Å². The zero-order valence-electron chi connectivity index (χ0n) is 14.6. The van der Waals surface area contributed by atoms with E-state index in [9.17, 15) is 61.9 Å². The average molecular weight is 611 g/mol. The van der Waals surface area contributed by atoms with E-state index in [0.717, 1.165) is 28.7 Å². The quantitative estimate of drug-likeness (QED) is 0.172. The van der Waals surface area contributed by atoms with Crippen molar-refractivity contribution in [3.63, 3.8) is 0 Å². The highest BCUT2D eigenvalue weighted by molar-refractivity contribution is 14.1. The highest BCUT2D eigenvalue weighted by atomic mass is 127. The topological polar surface area (TPSA) is 57.0 Å². The van der Waals surface area contributed by atoms with Crippen molar-refractivity contribution in [2.45, 2.75) is 42.3 Å². The van der Waals surface area contributed by atoms with Crippen molar-refractivity contribution >= 4 is 28.6 Å². The SMILES string of the molecule is C=CCOC(=O)c1nnn(CC(F)(F)C(F)(F)C(F)(F)C(F)(F)C(F)(F)C(F)(F)F)c1I. The second-order valence-electron chi connectivity index (χ2n) is 5.77. The van der Waals surface area contributed by atoms with Crippen LogP contribution in [0.4, 0.5) is 57.1 Å². The summed E-state index contributed by atoms with van der Waals surface area (Å²) in [5.41, 5.74) is -0.924. The molecule has 0 amide bonds. The van der Waals surface area contributed by atoms with E-state index in [1.54, 1.807) is 0 Å². The van der Waals surface area contributed by atoms with Crippen molar-refractivity contribution < 1.29 is 66.6 Å². The zero-order valence-corrected chi connectivity index (χ0v) is 16.8. The minimum absolute atomic E-state index is 0.380. The summed E-state index contributed by atoms with van der Waals surface area (Å²) in [6, 6.07) is 0. The fourth-order valence-electron chi connectivity index (χ4n) is 1.82. The first-order chi connectivity index (χ1) is 14.1. The van der Waals surface area contributed by atoms with Crippen LogP contribution in [-0.4, -0.2) is 63.4 Å². The normalized spacial score (nSPS) is 14.4. The summed E-state index contributed by atoms with van der Waals surface area (Å²) in [5.74, 6) is -39.0. The van der Waals surface area contributed by atoms with Gasteiger partial charge >= 0.3 is 41.8 Å². The number of aromatic nitrogens is 3. The van der Waals surface area contributed by atoms with Crippen molar-refractivity contribution in [3.05, 3.63) is 22.0 Å². The summed E-state index contributed by atoms with van der Waals surface area (Å²) in [5, 5.41) is 5.67. The molecule has 0 aromatic carbocycles. The lowest BCUT2D eigenvalue weighted by molar-refractivity contribution is -0.440. The Labute approximate surface area is 181 Å². The molecule has 184 valence electrons. The summed E-state index contributed by atoms with van der Waals surface area (Å²) in [6.07, 6.45) is -6.46. The Hall–Kier alpha value is -1.83. The third-order valence-electron chi connectivity index (χ3n) is 3.55. The maximum atomic E-state index is 13.9. The number of esters is 1. The first-order valence-electron chi connectivity index (χ1n) is 7.43. The molecule has 0 saturated heterocycles. The van der Waals surface area contributed by atoms with Crippen molar-refractivity contribution in [2.24, 2.45) is 0 Å². The number of halogens is 14. The van der Waals surface area contributed by atoms with Crippen molar-refractivity contribution in [1.29, 1.82) is 0 Å². The second-order valence-corrected chi connectivity index (χ2v) is 6.80. The molecule has 0 saturated carbocycles. The molecule has 0 unspecified atom stereocenters. The monoisotopic (exact) mass is 611 g/mol. The van der Waals surface area contributed by atoms with Crippen LogP contribution in [0.5, 0.6) is 0 Å². The number of nitrogens with zero attached hydrogens (tertiary/aromatic N) is 3. The van der Waals surface area contributed by atoms with E-state index in [4.69, 9.17) is 0 Å². The largest absolute Gasteiger partial charge is 0.460 e. The van der Waals surface area contributed by atoms with Crippen LogP contribution >= 0.6 is 22.6 Å². The molecule has 19 heteroatoms. The molecule has 1 aromatic rings. The highest BCUT2D eigenvalue weighted by Crippen LogP contribution is 2.60. The van der Waals surface area contributed by atoms with E-state index in [0.29, 0.717) is 0 Å². The van der Waals surface area contributed by atoms with Crippen LogP contribution in [-0.2, 0) is 11.3 Å². The fraction of sp³-hybridized carbons (Fsp3) is 0.615. The number of rotatable bonds is 9. The molecule has 1 rings (SSSR count). The minimum Gasteiger partial charge on any atom is -0.457 e. The first-order valence-corrected chi connectivity index (χ1v) is 8.50. The summed E-state index contributed by atoms with van der Waals surface area (Å²) in [4.78, 5) is 11.6. The van der Waals surface area contributed by atoms with Crippen LogP contribution in [0.2, 0.25) is 0 Å². The number of carbonyl (C=O) groups is 1. The molecule has 0 atom stereocenters. The lowest BCUT2D eigenvalue weighted by atomic mass is 9.94. The van der Waals surface area contributed by atoms with Gasteiger partial charge in [0.1, 0.15) is 16.9 Å². The molecule has 0 aliphatic carbocycles. The van der Waals surface area contributed by atoms with Gasteiger partial charge in [-0.3, -0.25) is 0 Å². The molecule has 0 bridgehead atoms. The molecule has 0 aliphatic rings. The zero-order chi connectivity index (χ0) is 25.6. The summed E-state index contributed by atoms with van der Waals surface area (Å²) in [7, 11) is 0. The molecule has 0 fully saturated rings. The molecule has 5 nitrogen and oxygen atoms in total. The standard InChI is InChI=1S/C13H7F13IN3O2/c1-2-3-32-7(31)5-6(27)30(29-28-5)4-8(14,15)9(16,17)10(18,19)11(20,21)12(22,23)13(24,25)26/h2H,1,3-4H2. The molecule has 32 heavy (non-hydrogen) atoms. The van der Waals surface area contributed by atoms with Crippen LogP contribution < -0.4 is 0 Å². The predicted molar refractivity (Wildman–Crippen MR) is 84.0 cm³/mol. The summed E-state index contributed by atoms with van der Waals surface area (Å²) in [6.45, 7) is -0.0825. The molecule has 0 radical (unpaired) electrons. The molecule has 0 spiro atoms. The molecular weight excluding hydrogens is 604 g/mol. The Morgan fingerprint density at radius 3 is 1.81 bits per heavy atom. The van der Waals surface area contributed by atoms with Gasteiger partial charge in [-0.15, -0.1) is 5.10 Å². The van der Waals surface area contributed by atoms with Gasteiger partial charge in [-0.05, 0) is 22.6 Å². The van der Waals surface area contributed by atoms with E-state index in [1.165, 1.54) is 0 Å². The van der Waals surface area contributed by atoms with Crippen LogP contribution in [0.1, 0.15) is 10.5 Å². The summed E-state index contributed by atoms with van der Waals surface area (Å²) < 4.78 is 173. The van der Waals surface area contributed by atoms with E-state index < -0.39 is 64.3 Å². The lowest BCUT2D eigenvalue weighted by Gasteiger charge is -2.39. The maximum Gasteiger partial charge on any atom is 0.460 e. The van der Waals surface area contributed by atoms with Gasteiger partial charge in [0.2, 0.25) is 5.69 Å². The number of ether oxygens (including phenoxy) is 1. The van der Waals surface area contributed by atoms with Gasteiger partial charge < -0.3 is 4.74 Å². The minimum atomic E-state index is -8.00. The van der Waals surface area contributed by atoms with E-state index in [2.05, 4.69) is 21.6 Å². The molecular formula is C13H7F13IN3O2. The Morgan fingerprint density at radius 1 is 0.906 bits per heavy atom. The molecule has 1 aromatic heterocycles. The van der Waals surface area contributed by atoms with Gasteiger partial charge in [-0.25, -0.2) is 9.48 Å². The molecule has 0 aliphatic heterocycles. The average Bonchev–Trinajstić information content (AvgIpc) is 2.98. The van der Waals surface area contributed by atoms with E-state index in [-0.39, 0.29) is 4.68 Å². The smallest absolute Gasteiger partial charge is 0.457 e. The summed E-state index contributed by atoms with van der Waals surface area (Å²) >= 11 is 0.960. The Kier molecular flexibility index (Phi) is 7.50. The Morgan fingerprint density at radius 2 is 1.38 bits per heavy atom. The number of carbonyl (C=O) groups excluding carboxylic acids is 1. The fourth-order valence-corrected chi connectivity index (χ4v) is 2.42. The van der Waals surface area contributed by atoms with Crippen molar-refractivity contribution in [3.8, 4) is 0 Å². The van der Waals surface area contributed by atoms with E-state index >= 15 is 0 Å². The Balaban J connectivity index is 3.37. The molecule has 0 N–H and O–H groups in total. The Bertz CT molecular complexity index is 866. The number of hydrogen-bond donors (Lipinski definition) is 0. The van der Waals surface area contributed by atoms with Gasteiger partial charge in [-0.2, -0.15) is 57.1 Å². The van der Waals surface area contributed by atoms with Gasteiger partial charge in [0.25, 0.3) is 0 Å². The van der Waals surface area contributed by atoms with Gasteiger partial charge in [0.05, 0.1) is 0 Å². The van der Waals surface area contributed by atoms with Crippen LogP contribution in [0.15, 0.2) is 12.7 Å². The van der Waals surface area contributed by atoms with E-state index in [1.807, 2.05) is 0 Å². The van der Waals surface area contributed by atoms with Crippen molar-refractivity contribution in [2.75, 3.05) is 6.61 Å². The van der Waals surface area contributed by atoms with Crippen molar-refractivity contribution in [1.82, 2.24) is 15.0 Å². The van der Waals surface area contributed by atoms with Gasteiger partial charge in [0, 0.05) is 0 Å². The number of hydrogen-bond acceptors (Lipinski definition) is 4. The first kappa shape index (κ1) is 28.2. The maximum absolute atomic E-state index is 13.9. The third-order valence-corrected chi connectivity index (χ3v) is 4.61. The van der Waals surface area contributed by atoms with Crippen LogP contribution in [0.25, 0.3) is 0 Å². The lowest BCUT2D eigenvalue weighted by Crippen LogP contribution is -2.70. The highest BCUT2D eigenvalue weighted by Gasteiger charge is 2.90. The van der Waals surface area contributed by atoms with Crippen LogP contribution in [0.3, 0.4) is 0 Å².